The second-order valence-corrected chi connectivity index (χ2v) is 11.8. The Bertz CT molecular complexity index is 1290. The summed E-state index contributed by atoms with van der Waals surface area (Å²) in [5, 5.41) is 9.21. The lowest BCUT2D eigenvalue weighted by Gasteiger charge is -2.45. The standard InChI is InChI=1S/C26H27F2NO5S/c1-16-7-8-23(17-5-3-2-4-6-17)35(32,33)29(16)15-18-11-22(28)20(12-21(18)27)26(13-19(30)14-26)24-9-10-25(31)34-24/h2-6,9,11-12,16,19,23,30H,7-8,10,13-15H2,1H3/t16-,19?,23+,26?/m0/s1. The molecule has 2 aliphatic heterocycles. The molecule has 2 aromatic rings. The smallest absolute Gasteiger partial charge is 0.314 e. The number of benzene rings is 2. The molecule has 2 atom stereocenters. The highest BCUT2D eigenvalue weighted by Gasteiger charge is 2.52. The van der Waals surface area contributed by atoms with Gasteiger partial charge in [-0.15, -0.1) is 0 Å². The molecule has 0 radical (unpaired) electrons. The summed E-state index contributed by atoms with van der Waals surface area (Å²) in [6, 6.07) is 10.6. The van der Waals surface area contributed by atoms with Gasteiger partial charge in [-0.2, -0.15) is 4.31 Å². The number of aliphatic hydroxyl groups excluding tert-OH is 1. The highest BCUT2D eigenvalue weighted by atomic mass is 32.2. The van der Waals surface area contributed by atoms with E-state index in [0.717, 1.165) is 12.1 Å². The van der Waals surface area contributed by atoms with Gasteiger partial charge in [0, 0.05) is 23.7 Å². The molecule has 0 bridgehead atoms. The van der Waals surface area contributed by atoms with Crippen molar-refractivity contribution in [2.75, 3.05) is 0 Å². The van der Waals surface area contributed by atoms with E-state index in [9.17, 15) is 18.3 Å². The maximum atomic E-state index is 15.4. The number of hydrogen-bond acceptors (Lipinski definition) is 5. The number of allylic oxidation sites excluding steroid dienone is 1. The van der Waals surface area contributed by atoms with Crippen LogP contribution in [0.1, 0.15) is 61.0 Å². The fraction of sp³-hybridized carbons (Fsp3) is 0.423. The summed E-state index contributed by atoms with van der Waals surface area (Å²) in [6.07, 6.45) is 2.15. The Balaban J connectivity index is 1.46. The van der Waals surface area contributed by atoms with Crippen LogP contribution >= 0.6 is 0 Å². The van der Waals surface area contributed by atoms with E-state index in [0.29, 0.717) is 18.4 Å². The van der Waals surface area contributed by atoms with Crippen molar-refractivity contribution in [3.05, 3.63) is 82.6 Å². The number of sulfonamides is 1. The maximum Gasteiger partial charge on any atom is 0.314 e. The summed E-state index contributed by atoms with van der Waals surface area (Å²) in [5.74, 6) is -1.71. The maximum absolute atomic E-state index is 15.4. The van der Waals surface area contributed by atoms with E-state index in [4.69, 9.17) is 4.74 Å². The molecule has 2 fully saturated rings. The molecular formula is C26H27F2NO5S. The van der Waals surface area contributed by atoms with Gasteiger partial charge in [0.1, 0.15) is 22.6 Å². The number of halogens is 2. The minimum atomic E-state index is -3.81. The van der Waals surface area contributed by atoms with Gasteiger partial charge in [-0.3, -0.25) is 4.79 Å². The average molecular weight is 504 g/mol. The lowest BCUT2D eigenvalue weighted by Crippen LogP contribution is -2.47. The molecule has 35 heavy (non-hydrogen) atoms. The monoisotopic (exact) mass is 503 g/mol. The van der Waals surface area contributed by atoms with Crippen molar-refractivity contribution in [3.63, 3.8) is 0 Å². The molecule has 1 N–H and O–H groups in total. The number of ether oxygens (including phenoxy) is 1. The zero-order chi connectivity index (χ0) is 25.0. The molecule has 0 amide bonds. The number of cyclic esters (lactones) is 1. The summed E-state index contributed by atoms with van der Waals surface area (Å²) in [6.45, 7) is 1.48. The molecule has 1 saturated carbocycles. The summed E-state index contributed by atoms with van der Waals surface area (Å²) in [5.41, 5.74) is -0.501. The second kappa shape index (κ2) is 8.80. The van der Waals surface area contributed by atoms with Crippen LogP contribution in [0.2, 0.25) is 0 Å². The first-order valence-electron chi connectivity index (χ1n) is 11.8. The second-order valence-electron chi connectivity index (χ2n) is 9.73. The van der Waals surface area contributed by atoms with Gasteiger partial charge in [-0.05, 0) is 56.4 Å². The lowest BCUT2D eigenvalue weighted by atomic mass is 9.61. The third kappa shape index (κ3) is 4.09. The van der Waals surface area contributed by atoms with Crippen LogP contribution in [0.15, 0.2) is 54.3 Å². The molecule has 6 nitrogen and oxygen atoms in total. The van der Waals surface area contributed by atoms with Gasteiger partial charge in [0.05, 0.1) is 17.9 Å². The first-order valence-corrected chi connectivity index (χ1v) is 13.3. The number of carbonyl (C=O) groups is 1. The molecule has 186 valence electrons. The van der Waals surface area contributed by atoms with Crippen LogP contribution in [0.25, 0.3) is 0 Å². The van der Waals surface area contributed by atoms with Crippen molar-refractivity contribution < 1.29 is 31.8 Å². The number of aliphatic hydroxyl groups is 1. The third-order valence-corrected chi connectivity index (χ3v) is 9.86. The first-order chi connectivity index (χ1) is 16.6. The van der Waals surface area contributed by atoms with Gasteiger partial charge in [0.25, 0.3) is 0 Å². The van der Waals surface area contributed by atoms with Gasteiger partial charge < -0.3 is 9.84 Å². The third-order valence-electron chi connectivity index (χ3n) is 7.49. The molecule has 2 aromatic carbocycles. The van der Waals surface area contributed by atoms with Crippen LogP contribution in [-0.2, 0) is 31.5 Å². The normalized spacial score (nSPS) is 30.5. The van der Waals surface area contributed by atoms with E-state index in [1.165, 1.54) is 4.31 Å². The molecule has 9 heteroatoms. The number of esters is 1. The number of hydrogen-bond donors (Lipinski definition) is 1. The molecule has 1 aliphatic carbocycles. The molecule has 0 spiro atoms. The van der Waals surface area contributed by atoms with Gasteiger partial charge in [0.2, 0.25) is 10.0 Å². The highest BCUT2D eigenvalue weighted by molar-refractivity contribution is 7.89. The molecule has 0 unspecified atom stereocenters. The minimum absolute atomic E-state index is 0.00159. The van der Waals surface area contributed by atoms with Gasteiger partial charge >= 0.3 is 5.97 Å². The Hall–Kier alpha value is -2.62. The van der Waals surface area contributed by atoms with Crippen LogP contribution in [0.3, 0.4) is 0 Å². The van der Waals surface area contributed by atoms with E-state index in [1.807, 2.05) is 6.07 Å². The van der Waals surface area contributed by atoms with Crippen molar-refractivity contribution in [3.8, 4) is 0 Å². The van der Waals surface area contributed by atoms with E-state index in [2.05, 4.69) is 0 Å². The average Bonchev–Trinajstić information content (AvgIpc) is 3.23. The van der Waals surface area contributed by atoms with Crippen LogP contribution in [0, 0.1) is 11.6 Å². The van der Waals surface area contributed by atoms with Crippen LogP contribution < -0.4 is 0 Å². The fourth-order valence-corrected chi connectivity index (χ4v) is 7.76. The topological polar surface area (TPSA) is 83.9 Å². The van der Waals surface area contributed by atoms with E-state index < -0.39 is 44.4 Å². The number of carbonyl (C=O) groups excluding carboxylic acids is 1. The van der Waals surface area contributed by atoms with Crippen molar-refractivity contribution >= 4 is 16.0 Å². The van der Waals surface area contributed by atoms with Crippen molar-refractivity contribution in [2.24, 2.45) is 0 Å². The van der Waals surface area contributed by atoms with Gasteiger partial charge in [0.15, 0.2) is 0 Å². The number of rotatable bonds is 5. The van der Waals surface area contributed by atoms with E-state index in [1.54, 1.807) is 37.3 Å². The van der Waals surface area contributed by atoms with Gasteiger partial charge in [-0.1, -0.05) is 30.3 Å². The fourth-order valence-electron chi connectivity index (χ4n) is 5.57. The Morgan fingerprint density at radius 3 is 2.46 bits per heavy atom. The summed E-state index contributed by atoms with van der Waals surface area (Å²) < 4.78 is 64.2. The molecule has 3 aliphatic rings. The molecule has 2 heterocycles. The molecule has 5 rings (SSSR count). The van der Waals surface area contributed by atoms with Gasteiger partial charge in [-0.25, -0.2) is 17.2 Å². The summed E-state index contributed by atoms with van der Waals surface area (Å²) in [4.78, 5) is 11.6. The van der Waals surface area contributed by atoms with Crippen molar-refractivity contribution in [1.29, 1.82) is 0 Å². The van der Waals surface area contributed by atoms with Crippen molar-refractivity contribution in [2.45, 2.75) is 68.4 Å². The zero-order valence-corrected chi connectivity index (χ0v) is 20.1. The SMILES string of the molecule is C[C@H]1CC[C@H](c2ccccc2)S(=O)(=O)N1Cc1cc(F)c(C2(C3=CCC(=O)O3)CC(O)C2)cc1F. The molecule has 0 aromatic heterocycles. The Morgan fingerprint density at radius 2 is 1.83 bits per heavy atom. The van der Waals surface area contributed by atoms with Crippen LogP contribution in [0.4, 0.5) is 8.78 Å². The largest absolute Gasteiger partial charge is 0.430 e. The van der Waals surface area contributed by atoms with E-state index in [-0.39, 0.29) is 48.7 Å². The lowest BCUT2D eigenvalue weighted by molar-refractivity contribution is -0.138. The summed E-state index contributed by atoms with van der Waals surface area (Å²) in [7, 11) is -3.81. The molecular weight excluding hydrogens is 476 g/mol. The molecule has 1 saturated heterocycles. The van der Waals surface area contributed by atoms with Crippen LogP contribution in [-0.4, -0.2) is 35.9 Å². The first kappa shape index (κ1) is 24.1. The summed E-state index contributed by atoms with van der Waals surface area (Å²) >= 11 is 0. The highest BCUT2D eigenvalue weighted by Crippen LogP contribution is 2.52. The van der Waals surface area contributed by atoms with Crippen molar-refractivity contribution in [1.82, 2.24) is 4.31 Å². The zero-order valence-electron chi connectivity index (χ0n) is 19.3. The Kier molecular flexibility index (Phi) is 6.05. The van der Waals surface area contributed by atoms with Crippen LogP contribution in [0.5, 0.6) is 0 Å². The minimum Gasteiger partial charge on any atom is -0.430 e. The number of nitrogens with zero attached hydrogens (tertiary/aromatic N) is 1. The quantitative estimate of drug-likeness (QED) is 0.617. The Labute approximate surface area is 203 Å². The predicted octanol–water partition coefficient (Wildman–Crippen LogP) is 4.24. The predicted molar refractivity (Wildman–Crippen MR) is 124 cm³/mol. The Morgan fingerprint density at radius 1 is 1.11 bits per heavy atom. The van der Waals surface area contributed by atoms with E-state index >= 15 is 8.78 Å².